The molecule has 2 heterocycles. The summed E-state index contributed by atoms with van der Waals surface area (Å²) in [6.45, 7) is 3.68. The van der Waals surface area contributed by atoms with Crippen LogP contribution in [0.2, 0.25) is 0 Å². The third kappa shape index (κ3) is 4.09. The molecule has 0 spiro atoms. The third-order valence-electron chi connectivity index (χ3n) is 4.69. The van der Waals surface area contributed by atoms with Gasteiger partial charge in [-0.1, -0.05) is 33.2 Å². The summed E-state index contributed by atoms with van der Waals surface area (Å²) in [5.74, 6) is 1.88. The summed E-state index contributed by atoms with van der Waals surface area (Å²) in [4.78, 5) is 18.8. The summed E-state index contributed by atoms with van der Waals surface area (Å²) in [7, 11) is 0. The number of benzene rings is 2. The Hall–Kier alpha value is -2.67. The number of carbonyl (C=O) groups is 1. The molecule has 28 heavy (non-hydrogen) atoms. The topological polar surface area (TPSA) is 68.5 Å². The fraction of sp³-hybridized carbons (Fsp3) is 0.286. The number of ether oxygens (including phenoxy) is 1. The first-order valence-electron chi connectivity index (χ1n) is 9.21. The molecule has 7 heteroatoms. The van der Waals surface area contributed by atoms with Crippen LogP contribution in [0.1, 0.15) is 30.7 Å². The lowest BCUT2D eigenvalue weighted by Crippen LogP contribution is -2.24. The number of rotatable bonds is 6. The van der Waals surface area contributed by atoms with Gasteiger partial charge >= 0.3 is 0 Å². The highest BCUT2D eigenvalue weighted by Gasteiger charge is 2.34. The van der Waals surface area contributed by atoms with Crippen molar-refractivity contribution in [2.24, 2.45) is 0 Å². The van der Waals surface area contributed by atoms with Gasteiger partial charge in [-0.3, -0.25) is 4.79 Å². The lowest BCUT2D eigenvalue weighted by atomic mass is 10.1. The van der Waals surface area contributed by atoms with Crippen LogP contribution in [0.25, 0.3) is 11.4 Å². The van der Waals surface area contributed by atoms with Crippen LogP contribution in [0.15, 0.2) is 57.5 Å². The van der Waals surface area contributed by atoms with Crippen LogP contribution in [0.3, 0.4) is 0 Å². The van der Waals surface area contributed by atoms with Crippen LogP contribution in [0.4, 0.5) is 0 Å². The molecule has 0 saturated carbocycles. The van der Waals surface area contributed by atoms with Gasteiger partial charge in [0, 0.05) is 29.5 Å². The van der Waals surface area contributed by atoms with Gasteiger partial charge in [0.05, 0.1) is 12.5 Å². The van der Waals surface area contributed by atoms with Crippen LogP contribution in [0.5, 0.6) is 5.75 Å². The Morgan fingerprint density at radius 3 is 2.86 bits per heavy atom. The van der Waals surface area contributed by atoms with E-state index in [2.05, 4.69) is 26.1 Å². The van der Waals surface area contributed by atoms with Crippen molar-refractivity contribution in [3.63, 3.8) is 0 Å². The van der Waals surface area contributed by atoms with Gasteiger partial charge in [-0.05, 0) is 48.9 Å². The quantitative estimate of drug-likeness (QED) is 0.566. The molecule has 1 amide bonds. The number of nitrogens with zero attached hydrogens (tertiary/aromatic N) is 3. The summed E-state index contributed by atoms with van der Waals surface area (Å²) in [6, 6.07) is 15.6. The summed E-state index contributed by atoms with van der Waals surface area (Å²) < 4.78 is 12.0. The second kappa shape index (κ2) is 8.14. The fourth-order valence-corrected chi connectivity index (χ4v) is 3.59. The maximum Gasteiger partial charge on any atom is 0.232 e. The standard InChI is InChI=1S/C21H20BrN3O3/c1-2-27-18-5-3-4-14(10-18)12-25-13-16(11-19(25)26)21-23-20(24-28-21)15-6-8-17(22)9-7-15/h3-10,16H,2,11-13H2,1H3. The maximum absolute atomic E-state index is 12.5. The van der Waals surface area contributed by atoms with E-state index in [0.717, 1.165) is 21.3 Å². The van der Waals surface area contributed by atoms with E-state index in [-0.39, 0.29) is 11.8 Å². The predicted octanol–water partition coefficient (Wildman–Crippen LogP) is 4.41. The first kappa shape index (κ1) is 18.7. The molecule has 1 fully saturated rings. The Bertz CT molecular complexity index is 971. The molecule has 0 N–H and O–H groups in total. The summed E-state index contributed by atoms with van der Waals surface area (Å²) in [5.41, 5.74) is 1.92. The van der Waals surface area contributed by atoms with Crippen molar-refractivity contribution in [1.82, 2.24) is 15.0 Å². The number of carbonyl (C=O) groups excluding carboxylic acids is 1. The Morgan fingerprint density at radius 2 is 2.07 bits per heavy atom. The zero-order valence-corrected chi connectivity index (χ0v) is 17.1. The Labute approximate surface area is 171 Å². The average Bonchev–Trinajstić information content (AvgIpc) is 3.31. The molecule has 144 valence electrons. The number of halogens is 1. The predicted molar refractivity (Wildman–Crippen MR) is 108 cm³/mol. The van der Waals surface area contributed by atoms with Crippen LogP contribution >= 0.6 is 15.9 Å². The van der Waals surface area contributed by atoms with Crippen molar-refractivity contribution < 1.29 is 14.1 Å². The molecule has 4 rings (SSSR count). The molecule has 1 aliphatic rings. The van der Waals surface area contributed by atoms with Crippen LogP contribution in [0, 0.1) is 0 Å². The molecule has 0 aliphatic carbocycles. The van der Waals surface area contributed by atoms with Crippen LogP contribution in [-0.4, -0.2) is 34.1 Å². The molecule has 1 unspecified atom stereocenters. The van der Waals surface area contributed by atoms with E-state index in [1.807, 2.05) is 60.4 Å². The number of amides is 1. The van der Waals surface area contributed by atoms with Crippen molar-refractivity contribution in [3.05, 3.63) is 64.5 Å². The zero-order chi connectivity index (χ0) is 19.5. The Balaban J connectivity index is 1.45. The van der Waals surface area contributed by atoms with E-state index in [9.17, 15) is 4.79 Å². The maximum atomic E-state index is 12.5. The highest BCUT2D eigenvalue weighted by molar-refractivity contribution is 9.10. The van der Waals surface area contributed by atoms with Crippen molar-refractivity contribution in [1.29, 1.82) is 0 Å². The molecule has 1 aliphatic heterocycles. The Morgan fingerprint density at radius 1 is 1.25 bits per heavy atom. The fourth-order valence-electron chi connectivity index (χ4n) is 3.33. The van der Waals surface area contributed by atoms with Crippen molar-refractivity contribution in [2.75, 3.05) is 13.2 Å². The Kier molecular flexibility index (Phi) is 5.43. The normalized spacial score (nSPS) is 16.6. The molecule has 6 nitrogen and oxygen atoms in total. The van der Waals surface area contributed by atoms with Crippen molar-refractivity contribution in [3.8, 4) is 17.1 Å². The SMILES string of the molecule is CCOc1cccc(CN2CC(c3nc(-c4ccc(Br)cc4)no3)CC2=O)c1. The number of hydrogen-bond acceptors (Lipinski definition) is 5. The highest BCUT2D eigenvalue weighted by atomic mass is 79.9. The van der Waals surface area contributed by atoms with Crippen LogP contribution < -0.4 is 4.74 Å². The first-order chi connectivity index (χ1) is 13.6. The molecule has 3 aromatic rings. The third-order valence-corrected chi connectivity index (χ3v) is 5.22. The van der Waals surface area contributed by atoms with E-state index >= 15 is 0 Å². The minimum Gasteiger partial charge on any atom is -0.494 e. The second-order valence-corrected chi connectivity index (χ2v) is 7.63. The lowest BCUT2D eigenvalue weighted by Gasteiger charge is -2.16. The number of likely N-dealkylation sites (tertiary alicyclic amines) is 1. The largest absolute Gasteiger partial charge is 0.494 e. The van der Waals surface area contributed by atoms with E-state index < -0.39 is 0 Å². The van der Waals surface area contributed by atoms with Crippen LogP contribution in [-0.2, 0) is 11.3 Å². The van der Waals surface area contributed by atoms with Gasteiger partial charge in [0.25, 0.3) is 0 Å². The minimum atomic E-state index is -0.0840. The highest BCUT2D eigenvalue weighted by Crippen LogP contribution is 2.30. The average molecular weight is 442 g/mol. The van der Waals surface area contributed by atoms with E-state index in [1.54, 1.807) is 0 Å². The van der Waals surface area contributed by atoms with E-state index in [4.69, 9.17) is 9.26 Å². The summed E-state index contributed by atoms with van der Waals surface area (Å²) in [6.07, 6.45) is 0.382. The molecule has 1 aromatic heterocycles. The van der Waals surface area contributed by atoms with Gasteiger partial charge in [0.1, 0.15) is 5.75 Å². The lowest BCUT2D eigenvalue weighted by molar-refractivity contribution is -0.128. The molecular weight excluding hydrogens is 422 g/mol. The zero-order valence-electron chi connectivity index (χ0n) is 15.5. The van der Waals surface area contributed by atoms with E-state index in [1.165, 1.54) is 0 Å². The van der Waals surface area contributed by atoms with Gasteiger partial charge in [0.15, 0.2) is 0 Å². The van der Waals surface area contributed by atoms with E-state index in [0.29, 0.717) is 37.8 Å². The van der Waals surface area contributed by atoms with Gasteiger partial charge < -0.3 is 14.2 Å². The van der Waals surface area contributed by atoms with Crippen molar-refractivity contribution >= 4 is 21.8 Å². The van der Waals surface area contributed by atoms with Gasteiger partial charge in [-0.25, -0.2) is 0 Å². The summed E-state index contributed by atoms with van der Waals surface area (Å²) in [5, 5.41) is 4.08. The van der Waals surface area contributed by atoms with Gasteiger partial charge in [0.2, 0.25) is 17.6 Å². The first-order valence-corrected chi connectivity index (χ1v) is 10.0. The van der Waals surface area contributed by atoms with Gasteiger partial charge in [-0.2, -0.15) is 4.98 Å². The molecular formula is C21H20BrN3O3. The number of aromatic nitrogens is 2. The number of hydrogen-bond donors (Lipinski definition) is 0. The monoisotopic (exact) mass is 441 g/mol. The molecule has 0 radical (unpaired) electrons. The smallest absolute Gasteiger partial charge is 0.232 e. The van der Waals surface area contributed by atoms with Gasteiger partial charge in [-0.15, -0.1) is 0 Å². The molecule has 1 atom stereocenters. The van der Waals surface area contributed by atoms with Crippen molar-refractivity contribution in [2.45, 2.75) is 25.8 Å². The minimum absolute atomic E-state index is 0.0840. The summed E-state index contributed by atoms with van der Waals surface area (Å²) >= 11 is 3.42. The molecule has 2 aromatic carbocycles. The molecule has 0 bridgehead atoms. The second-order valence-electron chi connectivity index (χ2n) is 6.72. The molecule has 1 saturated heterocycles.